The molecule has 0 unspecified atom stereocenters. The summed E-state index contributed by atoms with van der Waals surface area (Å²) in [6.45, 7) is 8.52. The van der Waals surface area contributed by atoms with Crippen molar-refractivity contribution in [2.24, 2.45) is 0 Å². The van der Waals surface area contributed by atoms with E-state index in [2.05, 4.69) is 41.0 Å². The molecule has 0 spiro atoms. The number of nitrogens with two attached hydrogens (primary N) is 2. The fourth-order valence-corrected chi connectivity index (χ4v) is 4.45. The summed E-state index contributed by atoms with van der Waals surface area (Å²) in [6, 6.07) is 6.00. The number of halogens is 1. The monoisotopic (exact) mass is 406 g/mol. The molecule has 0 saturated carbocycles. The van der Waals surface area contributed by atoms with Crippen LogP contribution in [-0.4, -0.2) is 34.6 Å². The average molecular weight is 407 g/mol. The number of anilines is 3. The molecule has 8 heteroatoms. The van der Waals surface area contributed by atoms with Gasteiger partial charge in [-0.05, 0) is 31.9 Å². The molecule has 3 rings (SSSR count). The summed E-state index contributed by atoms with van der Waals surface area (Å²) in [6.07, 6.45) is 3.90. The SMILES string of the molecule is CC(C)NC1(C)CCN(c2cnc(Sc3cccc(N)c3Cl)c(N)n2)CC1. The van der Waals surface area contributed by atoms with Gasteiger partial charge in [0.25, 0.3) is 0 Å². The lowest BCUT2D eigenvalue weighted by Crippen LogP contribution is -2.53. The van der Waals surface area contributed by atoms with Gasteiger partial charge in [-0.1, -0.05) is 43.3 Å². The van der Waals surface area contributed by atoms with Gasteiger partial charge < -0.3 is 21.7 Å². The molecule has 1 aliphatic rings. The molecule has 0 aliphatic carbocycles. The topological polar surface area (TPSA) is 93.1 Å². The predicted octanol–water partition coefficient (Wildman–Crippen LogP) is 3.80. The summed E-state index contributed by atoms with van der Waals surface area (Å²) in [5.74, 6) is 1.23. The highest BCUT2D eigenvalue weighted by Gasteiger charge is 2.31. The van der Waals surface area contributed by atoms with Crippen LogP contribution in [0.15, 0.2) is 34.3 Å². The van der Waals surface area contributed by atoms with E-state index < -0.39 is 0 Å². The first-order valence-electron chi connectivity index (χ1n) is 9.14. The zero-order chi connectivity index (χ0) is 19.6. The Morgan fingerprint density at radius 2 is 1.96 bits per heavy atom. The number of rotatable bonds is 5. The number of hydrogen-bond acceptors (Lipinski definition) is 7. The van der Waals surface area contributed by atoms with Gasteiger partial charge in [0, 0.05) is 29.6 Å². The van der Waals surface area contributed by atoms with Crippen LogP contribution in [0.4, 0.5) is 17.3 Å². The third-order valence-corrected chi connectivity index (χ3v) is 6.38. The second-order valence-electron chi connectivity index (χ2n) is 7.53. The minimum Gasteiger partial charge on any atom is -0.397 e. The summed E-state index contributed by atoms with van der Waals surface area (Å²) in [4.78, 5) is 12.2. The van der Waals surface area contributed by atoms with E-state index in [4.69, 9.17) is 23.1 Å². The first-order chi connectivity index (χ1) is 12.8. The lowest BCUT2D eigenvalue weighted by Gasteiger charge is -2.41. The van der Waals surface area contributed by atoms with Crippen molar-refractivity contribution in [1.29, 1.82) is 0 Å². The molecule has 6 nitrogen and oxygen atoms in total. The van der Waals surface area contributed by atoms with Crippen LogP contribution < -0.4 is 21.7 Å². The van der Waals surface area contributed by atoms with Gasteiger partial charge in [-0.3, -0.25) is 0 Å². The van der Waals surface area contributed by atoms with Crippen LogP contribution in [0.5, 0.6) is 0 Å². The Balaban J connectivity index is 1.70. The van der Waals surface area contributed by atoms with Gasteiger partial charge in [0.15, 0.2) is 5.82 Å². The fraction of sp³-hybridized carbons (Fsp3) is 0.474. The van der Waals surface area contributed by atoms with Crippen LogP contribution in [-0.2, 0) is 0 Å². The number of hydrogen-bond donors (Lipinski definition) is 3. The van der Waals surface area contributed by atoms with Gasteiger partial charge in [-0.15, -0.1) is 0 Å². The van der Waals surface area contributed by atoms with Crippen molar-refractivity contribution < 1.29 is 0 Å². The lowest BCUT2D eigenvalue weighted by atomic mass is 9.89. The Kier molecular flexibility index (Phi) is 6.03. The van der Waals surface area contributed by atoms with Gasteiger partial charge in [0.05, 0.1) is 16.9 Å². The van der Waals surface area contributed by atoms with E-state index in [0.29, 0.717) is 27.6 Å². The molecular weight excluding hydrogens is 380 g/mol. The van der Waals surface area contributed by atoms with E-state index >= 15 is 0 Å². The zero-order valence-electron chi connectivity index (χ0n) is 16.0. The molecule has 0 bridgehead atoms. The average Bonchev–Trinajstić information content (AvgIpc) is 2.60. The van der Waals surface area contributed by atoms with Crippen LogP contribution in [0, 0.1) is 0 Å². The van der Waals surface area contributed by atoms with E-state index in [9.17, 15) is 0 Å². The first kappa shape index (κ1) is 20.0. The number of nitrogens with one attached hydrogen (secondary N) is 1. The van der Waals surface area contributed by atoms with Crippen molar-refractivity contribution in [2.45, 2.75) is 55.1 Å². The number of piperidine rings is 1. The highest BCUT2D eigenvalue weighted by atomic mass is 35.5. The number of nitrogens with zero attached hydrogens (tertiary/aromatic N) is 3. The molecular formula is C19H27ClN6S. The second-order valence-corrected chi connectivity index (χ2v) is 8.94. The van der Waals surface area contributed by atoms with Crippen molar-refractivity contribution >= 4 is 40.7 Å². The van der Waals surface area contributed by atoms with Crippen molar-refractivity contribution in [3.63, 3.8) is 0 Å². The number of aromatic nitrogens is 2. The molecule has 0 atom stereocenters. The maximum Gasteiger partial charge on any atom is 0.158 e. The van der Waals surface area contributed by atoms with E-state index in [1.165, 1.54) is 11.8 Å². The largest absolute Gasteiger partial charge is 0.397 e. The Morgan fingerprint density at radius 3 is 2.59 bits per heavy atom. The van der Waals surface area contributed by atoms with E-state index in [1.807, 2.05) is 12.1 Å². The summed E-state index contributed by atoms with van der Waals surface area (Å²) >= 11 is 7.64. The molecule has 0 amide bonds. The van der Waals surface area contributed by atoms with Crippen molar-refractivity contribution in [1.82, 2.24) is 15.3 Å². The minimum atomic E-state index is 0.170. The molecule has 2 aromatic rings. The van der Waals surface area contributed by atoms with Crippen molar-refractivity contribution in [3.05, 3.63) is 29.4 Å². The van der Waals surface area contributed by atoms with Crippen molar-refractivity contribution in [3.8, 4) is 0 Å². The predicted molar refractivity (Wildman–Crippen MR) is 115 cm³/mol. The Bertz CT molecular complexity index is 805. The summed E-state index contributed by atoms with van der Waals surface area (Å²) in [7, 11) is 0. The van der Waals surface area contributed by atoms with E-state index in [0.717, 1.165) is 36.6 Å². The lowest BCUT2D eigenvalue weighted by molar-refractivity contribution is 0.264. The quantitative estimate of drug-likeness (QED) is 0.650. The van der Waals surface area contributed by atoms with Gasteiger partial charge in [0.1, 0.15) is 10.8 Å². The van der Waals surface area contributed by atoms with Crippen molar-refractivity contribution in [2.75, 3.05) is 29.5 Å². The highest BCUT2D eigenvalue weighted by Crippen LogP contribution is 2.37. The summed E-state index contributed by atoms with van der Waals surface area (Å²) < 4.78 is 0. The van der Waals surface area contributed by atoms with Crippen LogP contribution in [0.1, 0.15) is 33.6 Å². The van der Waals surface area contributed by atoms with Crippen LogP contribution in [0.2, 0.25) is 5.02 Å². The Labute approximate surface area is 170 Å². The van der Waals surface area contributed by atoms with Gasteiger partial charge in [-0.25, -0.2) is 9.97 Å². The smallest absolute Gasteiger partial charge is 0.158 e. The molecule has 2 heterocycles. The summed E-state index contributed by atoms with van der Waals surface area (Å²) in [5.41, 5.74) is 12.7. The minimum absolute atomic E-state index is 0.170. The maximum absolute atomic E-state index is 6.26. The Hall–Kier alpha value is -1.70. The van der Waals surface area contributed by atoms with Crippen LogP contribution in [0.3, 0.4) is 0 Å². The third kappa shape index (κ3) is 4.78. The first-order valence-corrected chi connectivity index (χ1v) is 10.3. The zero-order valence-corrected chi connectivity index (χ0v) is 17.6. The maximum atomic E-state index is 6.26. The molecule has 1 aliphatic heterocycles. The molecule has 1 aromatic carbocycles. The number of nitrogen functional groups attached to an aromatic ring is 2. The van der Waals surface area contributed by atoms with Crippen LogP contribution in [0.25, 0.3) is 0 Å². The van der Waals surface area contributed by atoms with E-state index in [1.54, 1.807) is 12.3 Å². The van der Waals surface area contributed by atoms with Gasteiger partial charge in [0.2, 0.25) is 0 Å². The van der Waals surface area contributed by atoms with E-state index in [-0.39, 0.29) is 5.54 Å². The molecule has 27 heavy (non-hydrogen) atoms. The fourth-order valence-electron chi connectivity index (χ4n) is 3.39. The molecule has 1 aromatic heterocycles. The normalized spacial score (nSPS) is 16.7. The molecule has 1 fully saturated rings. The standard InChI is InChI=1S/C19H27ClN6S/c1-12(2)25-19(3)7-9-26(10-8-19)15-11-23-18(17(22)24-15)27-14-6-4-5-13(21)16(14)20/h4-6,11-12,25H,7-10,21H2,1-3H3,(H2,22,24). The van der Waals surface area contributed by atoms with Gasteiger partial charge >= 0.3 is 0 Å². The third-order valence-electron chi connectivity index (χ3n) is 4.78. The molecule has 1 saturated heterocycles. The molecule has 0 radical (unpaired) electrons. The molecule has 5 N–H and O–H groups in total. The van der Waals surface area contributed by atoms with Gasteiger partial charge in [-0.2, -0.15) is 0 Å². The van der Waals surface area contributed by atoms with Crippen LogP contribution >= 0.6 is 23.4 Å². The summed E-state index contributed by atoms with van der Waals surface area (Å²) in [5, 5.41) is 4.82. The number of benzene rings is 1. The Morgan fingerprint density at radius 1 is 1.26 bits per heavy atom. The highest BCUT2D eigenvalue weighted by molar-refractivity contribution is 7.99. The molecule has 146 valence electrons. The second kappa shape index (κ2) is 8.12.